The highest BCUT2D eigenvalue weighted by molar-refractivity contribution is 7.15. The highest BCUT2D eigenvalue weighted by Crippen LogP contribution is 2.37. The Morgan fingerprint density at radius 2 is 2.14 bits per heavy atom. The molecule has 7 heteroatoms. The first-order valence-electron chi connectivity index (χ1n) is 9.74. The lowest BCUT2D eigenvalue weighted by molar-refractivity contribution is -0.120. The maximum absolute atomic E-state index is 14.2. The average Bonchev–Trinajstić information content (AvgIpc) is 3.25. The fourth-order valence-corrected chi connectivity index (χ4v) is 4.79. The smallest absolute Gasteiger partial charge is 0.249 e. The summed E-state index contributed by atoms with van der Waals surface area (Å²) in [6.45, 7) is 1.93. The summed E-state index contributed by atoms with van der Waals surface area (Å²) in [7, 11) is 0. The summed E-state index contributed by atoms with van der Waals surface area (Å²) in [5.41, 5.74) is 0. The minimum absolute atomic E-state index is 0.0687. The molecule has 4 rings (SSSR count). The molecule has 1 aromatic carbocycles. The van der Waals surface area contributed by atoms with Gasteiger partial charge in [-0.25, -0.2) is 9.37 Å². The van der Waals surface area contributed by atoms with Crippen molar-refractivity contribution in [3.05, 3.63) is 41.3 Å². The van der Waals surface area contributed by atoms with Crippen molar-refractivity contribution in [3.8, 4) is 5.88 Å². The van der Waals surface area contributed by atoms with Crippen LogP contribution in [0.2, 0.25) is 0 Å². The van der Waals surface area contributed by atoms with Gasteiger partial charge in [-0.2, -0.15) is 0 Å². The van der Waals surface area contributed by atoms with Crippen molar-refractivity contribution in [2.24, 2.45) is 5.92 Å². The van der Waals surface area contributed by atoms with Gasteiger partial charge in [0.2, 0.25) is 5.91 Å². The summed E-state index contributed by atoms with van der Waals surface area (Å²) in [5, 5.41) is 14.9. The van der Waals surface area contributed by atoms with Gasteiger partial charge in [-0.3, -0.25) is 4.79 Å². The monoisotopic (exact) mass is 401 g/mol. The van der Waals surface area contributed by atoms with Crippen LogP contribution in [-0.2, 0) is 4.79 Å². The van der Waals surface area contributed by atoms with Crippen LogP contribution in [0.5, 0.6) is 5.88 Å². The zero-order valence-electron chi connectivity index (χ0n) is 15.8. The lowest BCUT2D eigenvalue weighted by Crippen LogP contribution is -2.28. The van der Waals surface area contributed by atoms with Gasteiger partial charge in [0, 0.05) is 28.0 Å². The number of aromatic nitrogens is 2. The Morgan fingerprint density at radius 1 is 1.36 bits per heavy atom. The predicted molar refractivity (Wildman–Crippen MR) is 109 cm³/mol. The average molecular weight is 402 g/mol. The number of hydrogen-bond acceptors (Lipinski definition) is 4. The van der Waals surface area contributed by atoms with Crippen molar-refractivity contribution in [2.75, 3.05) is 5.32 Å². The molecule has 1 fully saturated rings. The van der Waals surface area contributed by atoms with Crippen molar-refractivity contribution < 1.29 is 14.3 Å². The van der Waals surface area contributed by atoms with E-state index >= 15 is 0 Å². The second-order valence-electron chi connectivity index (χ2n) is 7.58. The maximum Gasteiger partial charge on any atom is 0.249 e. The first-order valence-corrected chi connectivity index (χ1v) is 10.6. The van der Waals surface area contributed by atoms with Crippen LogP contribution < -0.4 is 5.32 Å². The maximum atomic E-state index is 14.2. The highest BCUT2D eigenvalue weighted by atomic mass is 32.1. The number of fused-ring (bicyclic) bond motifs is 1. The number of carbonyl (C=O) groups is 1. The van der Waals surface area contributed by atoms with E-state index in [1.54, 1.807) is 24.5 Å². The summed E-state index contributed by atoms with van der Waals surface area (Å²) in [6, 6.07) is 3.99. The molecule has 1 amide bonds. The topological polar surface area (TPSA) is 67.2 Å². The number of nitrogens with zero attached hydrogens (tertiary/aromatic N) is 2. The van der Waals surface area contributed by atoms with Gasteiger partial charge in [-0.15, -0.1) is 11.3 Å². The molecular formula is C21H24FN3O2S. The molecular weight excluding hydrogens is 377 g/mol. The van der Waals surface area contributed by atoms with Gasteiger partial charge in [0.1, 0.15) is 11.9 Å². The van der Waals surface area contributed by atoms with Crippen LogP contribution in [0.15, 0.2) is 30.6 Å². The standard InChI is InChI=1S/C21H24FN3O2S/c1-13-11-23-21(28-13)24-19(26)18(10-14-6-3-2-4-7-14)25-12-16-15(20(25)27)8-5-9-17(16)22/h5,8-9,11-12,14,18,27H,2-4,6-7,10H2,1H3,(H,23,24,26)/t18-/m0/s1. The Labute approximate surface area is 167 Å². The number of halogens is 1. The quantitative estimate of drug-likeness (QED) is 0.601. The van der Waals surface area contributed by atoms with E-state index in [-0.39, 0.29) is 11.8 Å². The van der Waals surface area contributed by atoms with Crippen LogP contribution >= 0.6 is 11.3 Å². The Bertz CT molecular complexity index is 991. The summed E-state index contributed by atoms with van der Waals surface area (Å²) >= 11 is 1.41. The molecule has 0 bridgehead atoms. The molecule has 2 N–H and O–H groups in total. The van der Waals surface area contributed by atoms with Crippen molar-refractivity contribution in [3.63, 3.8) is 0 Å². The number of anilines is 1. The van der Waals surface area contributed by atoms with Crippen LogP contribution in [0.25, 0.3) is 10.8 Å². The number of aromatic hydroxyl groups is 1. The Balaban J connectivity index is 1.68. The zero-order valence-corrected chi connectivity index (χ0v) is 16.6. The van der Waals surface area contributed by atoms with Crippen molar-refractivity contribution >= 4 is 33.1 Å². The van der Waals surface area contributed by atoms with Crippen LogP contribution in [0.4, 0.5) is 9.52 Å². The van der Waals surface area contributed by atoms with Gasteiger partial charge >= 0.3 is 0 Å². The van der Waals surface area contributed by atoms with Crippen molar-refractivity contribution in [2.45, 2.75) is 51.5 Å². The molecule has 1 aliphatic carbocycles. The number of hydrogen-bond donors (Lipinski definition) is 2. The summed E-state index contributed by atoms with van der Waals surface area (Å²) in [6.07, 6.45) is 9.61. The molecule has 148 valence electrons. The van der Waals surface area contributed by atoms with E-state index in [1.807, 2.05) is 6.92 Å². The molecule has 28 heavy (non-hydrogen) atoms. The molecule has 1 saturated carbocycles. The fourth-order valence-electron chi connectivity index (χ4n) is 4.13. The minimum Gasteiger partial charge on any atom is -0.494 e. The first-order chi connectivity index (χ1) is 13.5. The molecule has 3 aromatic rings. The summed E-state index contributed by atoms with van der Waals surface area (Å²) < 4.78 is 15.7. The number of thiazole rings is 1. The fraction of sp³-hybridized carbons (Fsp3) is 0.429. The summed E-state index contributed by atoms with van der Waals surface area (Å²) in [5.74, 6) is -0.284. The molecule has 0 spiro atoms. The molecule has 1 aliphatic rings. The van der Waals surface area contributed by atoms with Gasteiger partial charge in [-0.05, 0) is 31.4 Å². The molecule has 1 atom stereocenters. The van der Waals surface area contributed by atoms with E-state index in [0.717, 1.165) is 17.7 Å². The van der Waals surface area contributed by atoms with Gasteiger partial charge in [0.15, 0.2) is 11.0 Å². The molecule has 2 aromatic heterocycles. The number of rotatable bonds is 5. The Hall–Kier alpha value is -2.41. The minimum atomic E-state index is -0.612. The second-order valence-corrected chi connectivity index (χ2v) is 8.82. The Morgan fingerprint density at radius 3 is 2.82 bits per heavy atom. The third kappa shape index (κ3) is 3.76. The third-order valence-electron chi connectivity index (χ3n) is 5.58. The van der Waals surface area contributed by atoms with Crippen LogP contribution in [0, 0.1) is 18.7 Å². The number of aryl methyl sites for hydroxylation is 1. The van der Waals surface area contributed by atoms with E-state index in [2.05, 4.69) is 10.3 Å². The number of benzene rings is 1. The van der Waals surface area contributed by atoms with Crippen molar-refractivity contribution in [1.29, 1.82) is 0 Å². The van der Waals surface area contributed by atoms with Crippen LogP contribution in [-0.4, -0.2) is 20.6 Å². The SMILES string of the molecule is Cc1cnc(NC(=O)[C@H](CC2CCCCC2)n2cc3c(F)cccc3c2O)s1. The second kappa shape index (κ2) is 7.91. The van der Waals surface area contributed by atoms with Gasteiger partial charge in [0.25, 0.3) is 0 Å². The molecule has 2 heterocycles. The largest absolute Gasteiger partial charge is 0.494 e. The zero-order chi connectivity index (χ0) is 19.7. The predicted octanol–water partition coefficient (Wildman–Crippen LogP) is 5.40. The highest BCUT2D eigenvalue weighted by Gasteiger charge is 2.29. The molecule has 0 unspecified atom stereocenters. The molecule has 0 aliphatic heterocycles. The normalized spacial score (nSPS) is 16.4. The first kappa shape index (κ1) is 18.9. The van der Waals surface area contributed by atoms with E-state index in [4.69, 9.17) is 0 Å². The number of amides is 1. The van der Waals surface area contributed by atoms with E-state index in [1.165, 1.54) is 41.2 Å². The number of nitrogens with one attached hydrogen (secondary N) is 1. The Kier molecular flexibility index (Phi) is 5.35. The van der Waals surface area contributed by atoms with Gasteiger partial charge in [0.05, 0.1) is 0 Å². The van der Waals surface area contributed by atoms with Crippen molar-refractivity contribution in [1.82, 2.24) is 9.55 Å². The van der Waals surface area contributed by atoms with E-state index in [9.17, 15) is 14.3 Å². The van der Waals surface area contributed by atoms with Crippen LogP contribution in [0.1, 0.15) is 49.4 Å². The molecule has 5 nitrogen and oxygen atoms in total. The summed E-state index contributed by atoms with van der Waals surface area (Å²) in [4.78, 5) is 18.4. The van der Waals surface area contributed by atoms with Crippen LogP contribution in [0.3, 0.4) is 0 Å². The van der Waals surface area contributed by atoms with Gasteiger partial charge in [-0.1, -0.05) is 38.2 Å². The molecule has 0 saturated heterocycles. The lowest BCUT2D eigenvalue weighted by Gasteiger charge is -2.27. The third-order valence-corrected chi connectivity index (χ3v) is 6.41. The molecule has 0 radical (unpaired) electrons. The van der Waals surface area contributed by atoms with E-state index < -0.39 is 11.9 Å². The van der Waals surface area contributed by atoms with E-state index in [0.29, 0.717) is 28.2 Å². The van der Waals surface area contributed by atoms with Gasteiger partial charge < -0.3 is 15.0 Å². The lowest BCUT2D eigenvalue weighted by atomic mass is 9.84. The number of carbonyl (C=O) groups excluding carboxylic acids is 1.